The predicted octanol–water partition coefficient (Wildman–Crippen LogP) is -1.53. The van der Waals surface area contributed by atoms with Crippen molar-refractivity contribution >= 4 is 18.0 Å². The summed E-state index contributed by atoms with van der Waals surface area (Å²) < 4.78 is 5.05. The van der Waals surface area contributed by atoms with E-state index in [0.717, 1.165) is 4.90 Å². The molecule has 0 aliphatic carbocycles. The summed E-state index contributed by atoms with van der Waals surface area (Å²) in [5, 5.41) is 12.9. The highest BCUT2D eigenvalue weighted by molar-refractivity contribution is 5.88. The maximum Gasteiger partial charge on any atom is 0.410 e. The minimum Gasteiger partial charge on any atom is -0.548 e. The zero-order valence-corrected chi connectivity index (χ0v) is 9.98. The molecule has 0 radical (unpaired) electrons. The van der Waals surface area contributed by atoms with Gasteiger partial charge in [0.2, 0.25) is 5.91 Å². The summed E-state index contributed by atoms with van der Waals surface area (Å²) in [5.41, 5.74) is -0.692. The molecular formula is C10H15N2O5-. The lowest BCUT2D eigenvalue weighted by atomic mass is 10.2. The van der Waals surface area contributed by atoms with Gasteiger partial charge in [0.15, 0.2) is 0 Å². The van der Waals surface area contributed by atoms with Crippen molar-refractivity contribution in [1.82, 2.24) is 10.2 Å². The maximum absolute atomic E-state index is 11.6. The van der Waals surface area contributed by atoms with E-state index >= 15 is 0 Å². The second-order valence-corrected chi connectivity index (χ2v) is 4.80. The lowest BCUT2D eigenvalue weighted by Gasteiger charge is -2.34. The van der Waals surface area contributed by atoms with Crippen molar-refractivity contribution in [3.8, 4) is 0 Å². The molecule has 96 valence electrons. The number of amides is 2. The minimum atomic E-state index is -1.42. The van der Waals surface area contributed by atoms with Crippen LogP contribution in [0.1, 0.15) is 20.8 Å². The Balaban J connectivity index is 2.67. The van der Waals surface area contributed by atoms with Crippen molar-refractivity contribution in [2.45, 2.75) is 32.4 Å². The second kappa shape index (κ2) is 4.60. The van der Waals surface area contributed by atoms with E-state index in [2.05, 4.69) is 5.32 Å². The number of hydrogen-bond donors (Lipinski definition) is 1. The van der Waals surface area contributed by atoms with Crippen LogP contribution in [0.15, 0.2) is 0 Å². The number of rotatable bonds is 1. The summed E-state index contributed by atoms with van der Waals surface area (Å²) in [4.78, 5) is 34.5. The molecule has 0 aromatic rings. The molecule has 0 aromatic carbocycles. The van der Waals surface area contributed by atoms with Crippen LogP contribution in [-0.2, 0) is 14.3 Å². The monoisotopic (exact) mass is 243 g/mol. The summed E-state index contributed by atoms with van der Waals surface area (Å²) in [7, 11) is 0. The number of carbonyl (C=O) groups is 3. The minimum absolute atomic E-state index is 0.150. The lowest BCUT2D eigenvalue weighted by molar-refractivity contribution is -0.308. The van der Waals surface area contributed by atoms with Crippen LogP contribution in [-0.4, -0.2) is 47.6 Å². The van der Waals surface area contributed by atoms with Gasteiger partial charge in [0.1, 0.15) is 12.1 Å². The van der Waals surface area contributed by atoms with E-state index in [1.165, 1.54) is 0 Å². The Bertz CT molecular complexity index is 347. The molecule has 1 aliphatic heterocycles. The third-order valence-electron chi connectivity index (χ3n) is 2.01. The summed E-state index contributed by atoms with van der Waals surface area (Å²) in [6.45, 7) is 4.70. The highest BCUT2D eigenvalue weighted by Gasteiger charge is 2.31. The molecule has 1 N–H and O–H groups in total. The van der Waals surface area contributed by atoms with Crippen LogP contribution in [0.5, 0.6) is 0 Å². The Morgan fingerprint density at radius 1 is 1.47 bits per heavy atom. The molecular weight excluding hydrogens is 228 g/mol. The van der Waals surface area contributed by atoms with Gasteiger partial charge in [-0.05, 0) is 20.8 Å². The first-order chi connectivity index (χ1) is 7.69. The fourth-order valence-corrected chi connectivity index (χ4v) is 1.34. The fraction of sp³-hybridized carbons (Fsp3) is 0.700. The number of piperazine rings is 1. The third-order valence-corrected chi connectivity index (χ3v) is 2.01. The van der Waals surface area contributed by atoms with Crippen molar-refractivity contribution in [2.24, 2.45) is 0 Å². The van der Waals surface area contributed by atoms with Gasteiger partial charge in [-0.3, -0.25) is 9.69 Å². The first kappa shape index (κ1) is 13.3. The van der Waals surface area contributed by atoms with Crippen molar-refractivity contribution in [1.29, 1.82) is 0 Å². The number of hydrogen-bond acceptors (Lipinski definition) is 5. The van der Waals surface area contributed by atoms with E-state index in [-0.39, 0.29) is 13.1 Å². The molecule has 17 heavy (non-hydrogen) atoms. The quantitative estimate of drug-likeness (QED) is 0.602. The molecule has 7 nitrogen and oxygen atoms in total. The van der Waals surface area contributed by atoms with Gasteiger partial charge in [0.05, 0.1) is 18.6 Å². The van der Waals surface area contributed by atoms with Gasteiger partial charge < -0.3 is 20.0 Å². The van der Waals surface area contributed by atoms with Crippen LogP contribution in [0.25, 0.3) is 0 Å². The topological polar surface area (TPSA) is 98.8 Å². The number of nitrogens with zero attached hydrogens (tertiary/aromatic N) is 1. The summed E-state index contributed by atoms with van der Waals surface area (Å²) in [6, 6.07) is -1.19. The van der Waals surface area contributed by atoms with Crippen molar-refractivity contribution in [2.75, 3.05) is 13.1 Å². The molecule has 1 atom stereocenters. The highest BCUT2D eigenvalue weighted by Crippen LogP contribution is 2.11. The Morgan fingerprint density at radius 3 is 2.53 bits per heavy atom. The van der Waals surface area contributed by atoms with Crippen molar-refractivity contribution < 1.29 is 24.2 Å². The van der Waals surface area contributed by atoms with Gasteiger partial charge in [-0.2, -0.15) is 0 Å². The van der Waals surface area contributed by atoms with Crippen LogP contribution in [0.4, 0.5) is 4.79 Å². The smallest absolute Gasteiger partial charge is 0.410 e. The van der Waals surface area contributed by atoms with E-state index in [4.69, 9.17) is 4.74 Å². The van der Waals surface area contributed by atoms with Gasteiger partial charge in [-0.15, -0.1) is 0 Å². The number of carboxylic acid groups (broad SMARTS) is 1. The number of carbonyl (C=O) groups excluding carboxylic acids is 3. The molecule has 1 fully saturated rings. The zero-order chi connectivity index (χ0) is 13.2. The molecule has 0 unspecified atom stereocenters. The average molecular weight is 243 g/mol. The molecule has 1 rings (SSSR count). The molecule has 7 heteroatoms. The first-order valence-corrected chi connectivity index (χ1v) is 5.17. The molecule has 0 aromatic heterocycles. The van der Waals surface area contributed by atoms with Crippen LogP contribution in [0.3, 0.4) is 0 Å². The average Bonchev–Trinajstić information content (AvgIpc) is 2.13. The van der Waals surface area contributed by atoms with Gasteiger partial charge in [-0.1, -0.05) is 0 Å². The van der Waals surface area contributed by atoms with Crippen LogP contribution in [0, 0.1) is 0 Å². The molecule has 1 aliphatic rings. The van der Waals surface area contributed by atoms with E-state index < -0.39 is 29.6 Å². The Hall–Kier alpha value is -1.79. The Kier molecular flexibility index (Phi) is 3.59. The Morgan fingerprint density at radius 2 is 2.06 bits per heavy atom. The SMILES string of the molecule is CC(C)(C)OC(=O)N1CC(=O)N[C@@H](C(=O)[O-])C1. The summed E-state index contributed by atoms with van der Waals surface area (Å²) in [5.74, 6) is -1.97. The Labute approximate surface area is 98.7 Å². The summed E-state index contributed by atoms with van der Waals surface area (Å²) in [6.07, 6.45) is -0.710. The normalized spacial score (nSPS) is 20.8. The fourth-order valence-electron chi connectivity index (χ4n) is 1.34. The highest BCUT2D eigenvalue weighted by atomic mass is 16.6. The lowest BCUT2D eigenvalue weighted by Crippen LogP contribution is -2.61. The van der Waals surface area contributed by atoms with Crippen LogP contribution in [0.2, 0.25) is 0 Å². The molecule has 0 spiro atoms. The van der Waals surface area contributed by atoms with Crippen LogP contribution >= 0.6 is 0 Å². The van der Waals surface area contributed by atoms with Gasteiger partial charge in [0.25, 0.3) is 0 Å². The van der Waals surface area contributed by atoms with Crippen molar-refractivity contribution in [3.63, 3.8) is 0 Å². The zero-order valence-electron chi connectivity index (χ0n) is 9.98. The third kappa shape index (κ3) is 3.93. The van der Waals surface area contributed by atoms with Crippen LogP contribution < -0.4 is 10.4 Å². The standard InChI is InChI=1S/C10H16N2O5/c1-10(2,3)17-9(16)12-4-6(8(14)15)11-7(13)5-12/h6H,4-5H2,1-3H3,(H,11,13)(H,14,15)/p-1/t6-/m1/s1. The molecule has 2 amide bonds. The first-order valence-electron chi connectivity index (χ1n) is 5.17. The van der Waals surface area contributed by atoms with E-state index in [0.29, 0.717) is 0 Å². The molecule has 1 heterocycles. The number of nitrogens with one attached hydrogen (secondary N) is 1. The predicted molar refractivity (Wildman–Crippen MR) is 54.7 cm³/mol. The largest absolute Gasteiger partial charge is 0.548 e. The van der Waals surface area contributed by atoms with E-state index in [1.54, 1.807) is 20.8 Å². The van der Waals surface area contributed by atoms with Crippen molar-refractivity contribution in [3.05, 3.63) is 0 Å². The number of ether oxygens (including phenoxy) is 1. The second-order valence-electron chi connectivity index (χ2n) is 4.80. The van der Waals surface area contributed by atoms with Gasteiger partial charge >= 0.3 is 6.09 Å². The van der Waals surface area contributed by atoms with E-state index in [9.17, 15) is 19.5 Å². The molecule has 0 saturated carbocycles. The number of carboxylic acids is 1. The van der Waals surface area contributed by atoms with Gasteiger partial charge in [-0.25, -0.2) is 4.79 Å². The maximum atomic E-state index is 11.6. The molecule has 0 bridgehead atoms. The van der Waals surface area contributed by atoms with Gasteiger partial charge in [0, 0.05) is 0 Å². The summed E-state index contributed by atoms with van der Waals surface area (Å²) >= 11 is 0. The van der Waals surface area contributed by atoms with E-state index in [1.807, 2.05) is 0 Å². The number of aliphatic carboxylic acids is 1. The molecule has 1 saturated heterocycles.